The van der Waals surface area contributed by atoms with Crippen molar-refractivity contribution in [3.8, 4) is 5.75 Å². The van der Waals surface area contributed by atoms with Crippen LogP contribution in [-0.2, 0) is 16.6 Å². The zero-order chi connectivity index (χ0) is 16.0. The van der Waals surface area contributed by atoms with Gasteiger partial charge in [0.25, 0.3) is 0 Å². The number of hydrogen-bond acceptors (Lipinski definition) is 5. The molecular formula is C15H19N3O3S. The molecule has 2 rings (SSSR count). The molecule has 0 aliphatic heterocycles. The summed E-state index contributed by atoms with van der Waals surface area (Å²) in [5, 5.41) is 3.15. The number of pyridine rings is 1. The molecule has 0 saturated carbocycles. The van der Waals surface area contributed by atoms with E-state index in [0.29, 0.717) is 19.0 Å². The van der Waals surface area contributed by atoms with Crippen LogP contribution in [0.5, 0.6) is 5.75 Å². The normalized spacial score (nSPS) is 11.2. The minimum atomic E-state index is -3.46. The largest absolute Gasteiger partial charge is 0.494 e. The van der Waals surface area contributed by atoms with E-state index in [-0.39, 0.29) is 4.90 Å². The number of sulfonamides is 1. The van der Waals surface area contributed by atoms with Gasteiger partial charge in [0, 0.05) is 18.3 Å². The van der Waals surface area contributed by atoms with Crippen LogP contribution in [0, 0.1) is 0 Å². The van der Waals surface area contributed by atoms with Crippen LogP contribution in [-0.4, -0.2) is 27.1 Å². The van der Waals surface area contributed by atoms with Crippen LogP contribution in [0.25, 0.3) is 0 Å². The first kappa shape index (κ1) is 16.3. The molecule has 0 saturated heterocycles. The van der Waals surface area contributed by atoms with Gasteiger partial charge in [0.1, 0.15) is 16.5 Å². The molecule has 2 aromatic rings. The highest BCUT2D eigenvalue weighted by molar-refractivity contribution is 7.89. The molecular weight excluding hydrogens is 302 g/mol. The van der Waals surface area contributed by atoms with Crippen molar-refractivity contribution >= 4 is 15.8 Å². The van der Waals surface area contributed by atoms with Gasteiger partial charge in [0.15, 0.2) is 0 Å². The highest BCUT2D eigenvalue weighted by Gasteiger charge is 2.11. The van der Waals surface area contributed by atoms with Crippen molar-refractivity contribution in [3.05, 3.63) is 48.2 Å². The molecule has 1 aromatic carbocycles. The molecule has 6 nitrogen and oxygen atoms in total. The van der Waals surface area contributed by atoms with Gasteiger partial charge in [-0.3, -0.25) is 0 Å². The SMILES string of the molecule is CCOc1ccccc1CNc1ccc(S(=O)(=O)NC)cn1. The first-order valence-corrected chi connectivity index (χ1v) is 8.39. The Morgan fingerprint density at radius 3 is 2.59 bits per heavy atom. The predicted molar refractivity (Wildman–Crippen MR) is 85.4 cm³/mol. The lowest BCUT2D eigenvalue weighted by Crippen LogP contribution is -2.18. The summed E-state index contributed by atoms with van der Waals surface area (Å²) in [5.41, 5.74) is 1.01. The zero-order valence-corrected chi connectivity index (χ0v) is 13.4. The highest BCUT2D eigenvalue weighted by Crippen LogP contribution is 2.19. The molecule has 118 valence electrons. The molecule has 1 heterocycles. The van der Waals surface area contributed by atoms with Crippen molar-refractivity contribution in [1.29, 1.82) is 0 Å². The molecule has 2 N–H and O–H groups in total. The summed E-state index contributed by atoms with van der Waals surface area (Å²) in [4.78, 5) is 4.25. The van der Waals surface area contributed by atoms with E-state index in [1.807, 2.05) is 31.2 Å². The summed E-state index contributed by atoms with van der Waals surface area (Å²) in [6.07, 6.45) is 1.32. The van der Waals surface area contributed by atoms with Gasteiger partial charge in [-0.15, -0.1) is 0 Å². The summed E-state index contributed by atoms with van der Waals surface area (Å²) in [5.74, 6) is 1.42. The van der Waals surface area contributed by atoms with Gasteiger partial charge in [0.05, 0.1) is 6.61 Å². The molecule has 22 heavy (non-hydrogen) atoms. The average Bonchev–Trinajstić information content (AvgIpc) is 2.55. The van der Waals surface area contributed by atoms with E-state index >= 15 is 0 Å². The van der Waals surface area contributed by atoms with Crippen LogP contribution >= 0.6 is 0 Å². The second kappa shape index (κ2) is 7.24. The van der Waals surface area contributed by atoms with Gasteiger partial charge in [-0.2, -0.15) is 0 Å². The third-order valence-corrected chi connectivity index (χ3v) is 4.45. The number of aromatic nitrogens is 1. The molecule has 0 aliphatic carbocycles. The van der Waals surface area contributed by atoms with Crippen LogP contribution in [0.4, 0.5) is 5.82 Å². The van der Waals surface area contributed by atoms with Gasteiger partial charge in [-0.1, -0.05) is 18.2 Å². The summed E-state index contributed by atoms with van der Waals surface area (Å²) < 4.78 is 31.0. The third-order valence-electron chi connectivity index (χ3n) is 3.05. The number of ether oxygens (including phenoxy) is 1. The minimum absolute atomic E-state index is 0.135. The summed E-state index contributed by atoms with van der Waals surface area (Å²) in [6, 6.07) is 10.9. The van der Waals surface area contributed by atoms with Gasteiger partial charge in [-0.25, -0.2) is 18.1 Å². The van der Waals surface area contributed by atoms with Crippen molar-refractivity contribution in [2.45, 2.75) is 18.4 Å². The Morgan fingerprint density at radius 2 is 1.95 bits per heavy atom. The fraction of sp³-hybridized carbons (Fsp3) is 0.267. The van der Waals surface area contributed by atoms with Crippen LogP contribution in [0.2, 0.25) is 0 Å². The van der Waals surface area contributed by atoms with E-state index in [0.717, 1.165) is 11.3 Å². The maximum absolute atomic E-state index is 11.6. The average molecular weight is 321 g/mol. The van der Waals surface area contributed by atoms with E-state index in [1.165, 1.54) is 19.3 Å². The molecule has 0 aliphatic rings. The van der Waals surface area contributed by atoms with Crippen molar-refractivity contribution < 1.29 is 13.2 Å². The summed E-state index contributed by atoms with van der Waals surface area (Å²) >= 11 is 0. The number of nitrogens with one attached hydrogen (secondary N) is 2. The maximum atomic E-state index is 11.6. The number of benzene rings is 1. The molecule has 0 radical (unpaired) electrons. The van der Waals surface area contributed by atoms with Crippen LogP contribution in [0.15, 0.2) is 47.5 Å². The third kappa shape index (κ3) is 3.96. The topological polar surface area (TPSA) is 80.3 Å². The molecule has 0 spiro atoms. The molecule has 0 atom stereocenters. The first-order chi connectivity index (χ1) is 10.6. The lowest BCUT2D eigenvalue weighted by Gasteiger charge is -2.11. The van der Waals surface area contributed by atoms with Crippen molar-refractivity contribution in [2.24, 2.45) is 0 Å². The second-order valence-corrected chi connectivity index (χ2v) is 6.37. The Morgan fingerprint density at radius 1 is 1.18 bits per heavy atom. The standard InChI is InChI=1S/C15H19N3O3S/c1-3-21-14-7-5-4-6-12(14)10-17-15-9-8-13(11-18-15)22(19,20)16-2/h4-9,11,16H,3,10H2,1-2H3,(H,17,18). The smallest absolute Gasteiger partial charge is 0.241 e. The summed E-state index contributed by atoms with van der Waals surface area (Å²) in [7, 11) is -2.09. The maximum Gasteiger partial charge on any atom is 0.241 e. The number of rotatable bonds is 7. The molecule has 7 heteroatoms. The lowest BCUT2D eigenvalue weighted by molar-refractivity contribution is 0.337. The Bertz CT molecular complexity index is 715. The van der Waals surface area contributed by atoms with Gasteiger partial charge >= 0.3 is 0 Å². The van der Waals surface area contributed by atoms with Gasteiger partial charge in [-0.05, 0) is 32.2 Å². The van der Waals surface area contributed by atoms with Crippen LogP contribution < -0.4 is 14.8 Å². The molecule has 0 amide bonds. The van der Waals surface area contributed by atoms with Crippen LogP contribution in [0.1, 0.15) is 12.5 Å². The number of hydrogen-bond donors (Lipinski definition) is 2. The predicted octanol–water partition coefficient (Wildman–Crippen LogP) is 2.00. The monoisotopic (exact) mass is 321 g/mol. The minimum Gasteiger partial charge on any atom is -0.494 e. The Hall–Kier alpha value is -2.12. The molecule has 0 bridgehead atoms. The summed E-state index contributed by atoms with van der Waals surface area (Å²) in [6.45, 7) is 3.08. The van der Waals surface area contributed by atoms with E-state index in [4.69, 9.17) is 4.74 Å². The van der Waals surface area contributed by atoms with Gasteiger partial charge in [0.2, 0.25) is 10.0 Å². The molecule has 0 fully saturated rings. The highest BCUT2D eigenvalue weighted by atomic mass is 32.2. The van der Waals surface area contributed by atoms with Crippen molar-refractivity contribution in [2.75, 3.05) is 19.0 Å². The Balaban J connectivity index is 2.07. The van der Waals surface area contributed by atoms with E-state index in [2.05, 4.69) is 15.0 Å². The van der Waals surface area contributed by atoms with Crippen molar-refractivity contribution in [1.82, 2.24) is 9.71 Å². The van der Waals surface area contributed by atoms with Crippen LogP contribution in [0.3, 0.4) is 0 Å². The fourth-order valence-corrected chi connectivity index (χ4v) is 2.57. The number of nitrogens with zero attached hydrogens (tertiary/aromatic N) is 1. The lowest BCUT2D eigenvalue weighted by atomic mass is 10.2. The van der Waals surface area contributed by atoms with Gasteiger partial charge < -0.3 is 10.1 Å². The quantitative estimate of drug-likeness (QED) is 0.815. The Kier molecular flexibility index (Phi) is 5.35. The van der Waals surface area contributed by atoms with E-state index < -0.39 is 10.0 Å². The molecule has 0 unspecified atom stereocenters. The Labute approximate surface area is 130 Å². The van der Waals surface area contributed by atoms with Crippen molar-refractivity contribution in [3.63, 3.8) is 0 Å². The van der Waals surface area contributed by atoms with E-state index in [9.17, 15) is 8.42 Å². The first-order valence-electron chi connectivity index (χ1n) is 6.91. The number of para-hydroxylation sites is 1. The zero-order valence-electron chi connectivity index (χ0n) is 12.5. The fourth-order valence-electron chi connectivity index (χ4n) is 1.89. The second-order valence-electron chi connectivity index (χ2n) is 4.48. The number of anilines is 1. The van der Waals surface area contributed by atoms with E-state index in [1.54, 1.807) is 6.07 Å². The molecule has 1 aromatic heterocycles.